The van der Waals surface area contributed by atoms with Gasteiger partial charge in [-0.25, -0.2) is 8.42 Å². The van der Waals surface area contributed by atoms with Crippen molar-refractivity contribution in [2.45, 2.75) is 16.2 Å². The molecule has 0 unspecified atom stereocenters. The molecule has 0 atom stereocenters. The SMILES string of the molecule is O=C(Cc1sccc1S(=O)(=O)c1ccc(Cl)cc1)C(=O)c1nn[nH]n1. The van der Waals surface area contributed by atoms with Gasteiger partial charge in [-0.3, -0.25) is 9.59 Å². The van der Waals surface area contributed by atoms with E-state index in [4.69, 9.17) is 11.6 Å². The van der Waals surface area contributed by atoms with E-state index in [0.717, 1.165) is 11.3 Å². The molecular formula is C14H9ClN4O4S2. The maximum Gasteiger partial charge on any atom is 0.269 e. The summed E-state index contributed by atoms with van der Waals surface area (Å²) in [6, 6.07) is 7.09. The van der Waals surface area contributed by atoms with Gasteiger partial charge in [0, 0.05) is 9.90 Å². The van der Waals surface area contributed by atoms with E-state index < -0.39 is 21.4 Å². The summed E-state index contributed by atoms with van der Waals surface area (Å²) in [5, 5.41) is 14.1. The highest BCUT2D eigenvalue weighted by Crippen LogP contribution is 2.29. The first-order chi connectivity index (χ1) is 11.9. The molecule has 0 aliphatic rings. The lowest BCUT2D eigenvalue weighted by Crippen LogP contribution is -2.18. The molecule has 128 valence electrons. The van der Waals surface area contributed by atoms with Crippen molar-refractivity contribution in [3.63, 3.8) is 0 Å². The van der Waals surface area contributed by atoms with Crippen molar-refractivity contribution in [1.29, 1.82) is 0 Å². The number of tetrazole rings is 1. The van der Waals surface area contributed by atoms with E-state index in [1.165, 1.54) is 30.3 Å². The van der Waals surface area contributed by atoms with Gasteiger partial charge in [0.15, 0.2) is 0 Å². The first-order valence-corrected chi connectivity index (χ1v) is 9.51. The van der Waals surface area contributed by atoms with Crippen molar-refractivity contribution >= 4 is 44.3 Å². The van der Waals surface area contributed by atoms with Crippen LogP contribution in [0.1, 0.15) is 15.5 Å². The zero-order chi connectivity index (χ0) is 18.0. The van der Waals surface area contributed by atoms with Crippen molar-refractivity contribution in [2.75, 3.05) is 0 Å². The average Bonchev–Trinajstić information content (AvgIpc) is 3.26. The molecule has 11 heteroatoms. The standard InChI is InChI=1S/C14H9ClN4O4S2/c15-8-1-3-9(4-2-8)25(22,23)12-5-6-24-11(12)7-10(20)13(21)14-16-18-19-17-14/h1-6H,7H2,(H,16,17,18,19). The van der Waals surface area contributed by atoms with Crippen LogP contribution in [-0.4, -0.2) is 40.6 Å². The third kappa shape index (κ3) is 3.50. The van der Waals surface area contributed by atoms with E-state index in [0.29, 0.717) is 5.02 Å². The van der Waals surface area contributed by atoms with Crippen molar-refractivity contribution in [3.8, 4) is 0 Å². The minimum Gasteiger partial charge on any atom is -0.290 e. The van der Waals surface area contributed by atoms with Crippen molar-refractivity contribution < 1.29 is 18.0 Å². The fourth-order valence-electron chi connectivity index (χ4n) is 2.05. The molecule has 0 bridgehead atoms. The van der Waals surface area contributed by atoms with Gasteiger partial charge in [-0.2, -0.15) is 5.21 Å². The van der Waals surface area contributed by atoms with Gasteiger partial charge in [0.25, 0.3) is 5.78 Å². The fourth-order valence-corrected chi connectivity index (χ4v) is 4.87. The molecule has 25 heavy (non-hydrogen) atoms. The Labute approximate surface area is 150 Å². The summed E-state index contributed by atoms with van der Waals surface area (Å²) in [5.74, 6) is -2.11. The summed E-state index contributed by atoms with van der Waals surface area (Å²) in [6.07, 6.45) is -0.368. The number of carbonyl (C=O) groups excluding carboxylic acids is 2. The third-order valence-electron chi connectivity index (χ3n) is 3.24. The summed E-state index contributed by atoms with van der Waals surface area (Å²) in [6.45, 7) is 0. The molecule has 1 N–H and O–H groups in total. The Hall–Kier alpha value is -2.43. The van der Waals surface area contributed by atoms with Gasteiger partial charge in [0.1, 0.15) is 0 Å². The quantitative estimate of drug-likeness (QED) is 0.497. The second-order valence-electron chi connectivity index (χ2n) is 4.83. The van der Waals surface area contributed by atoms with Gasteiger partial charge in [-0.05, 0) is 40.9 Å². The first kappa shape index (κ1) is 17.4. The molecule has 0 amide bonds. The molecule has 0 radical (unpaired) electrons. The largest absolute Gasteiger partial charge is 0.290 e. The molecule has 8 nitrogen and oxygen atoms in total. The van der Waals surface area contributed by atoms with Crippen molar-refractivity contribution in [3.05, 3.63) is 51.4 Å². The number of Topliss-reactive ketones (excluding diaryl/α,β-unsaturated/α-hetero) is 2. The Morgan fingerprint density at radius 3 is 2.52 bits per heavy atom. The molecule has 0 spiro atoms. The van der Waals surface area contributed by atoms with Crippen molar-refractivity contribution in [1.82, 2.24) is 20.6 Å². The van der Waals surface area contributed by atoms with E-state index in [2.05, 4.69) is 20.6 Å². The van der Waals surface area contributed by atoms with Gasteiger partial charge < -0.3 is 0 Å². The normalized spacial score (nSPS) is 11.4. The molecule has 3 rings (SSSR count). The maximum atomic E-state index is 12.7. The second kappa shape index (κ2) is 6.82. The number of halogens is 1. The van der Waals surface area contributed by atoms with Crippen LogP contribution in [0.4, 0.5) is 0 Å². The topological polar surface area (TPSA) is 123 Å². The van der Waals surface area contributed by atoms with Crippen LogP contribution in [0, 0.1) is 0 Å². The Morgan fingerprint density at radius 2 is 1.88 bits per heavy atom. The van der Waals surface area contributed by atoms with Crippen molar-refractivity contribution in [2.24, 2.45) is 0 Å². The molecule has 0 saturated carbocycles. The molecule has 2 aromatic heterocycles. The summed E-state index contributed by atoms with van der Waals surface area (Å²) < 4.78 is 25.5. The number of thiophene rings is 1. The molecule has 0 aliphatic carbocycles. The summed E-state index contributed by atoms with van der Waals surface area (Å²) in [7, 11) is -3.83. The summed E-state index contributed by atoms with van der Waals surface area (Å²) in [5.41, 5.74) is 0. The van der Waals surface area contributed by atoms with E-state index in [1.807, 2.05) is 0 Å². The van der Waals surface area contributed by atoms with Crippen LogP contribution < -0.4 is 0 Å². The lowest BCUT2D eigenvalue weighted by atomic mass is 10.1. The maximum absolute atomic E-state index is 12.7. The number of hydrogen-bond donors (Lipinski definition) is 1. The highest BCUT2D eigenvalue weighted by Gasteiger charge is 2.27. The predicted molar refractivity (Wildman–Crippen MR) is 88.4 cm³/mol. The Kier molecular flexibility index (Phi) is 4.75. The number of aromatic amines is 1. The van der Waals surface area contributed by atoms with E-state index in [1.54, 1.807) is 5.38 Å². The average molecular weight is 397 g/mol. The number of sulfone groups is 1. The van der Waals surface area contributed by atoms with Crippen LogP contribution in [0.5, 0.6) is 0 Å². The van der Waals surface area contributed by atoms with Gasteiger partial charge in [-0.15, -0.1) is 21.5 Å². The smallest absolute Gasteiger partial charge is 0.269 e. The van der Waals surface area contributed by atoms with Crippen LogP contribution >= 0.6 is 22.9 Å². The zero-order valence-corrected chi connectivity index (χ0v) is 14.7. The van der Waals surface area contributed by atoms with Crippen LogP contribution in [0.15, 0.2) is 45.5 Å². The van der Waals surface area contributed by atoms with E-state index in [9.17, 15) is 18.0 Å². The lowest BCUT2D eigenvalue weighted by molar-refractivity contribution is -0.114. The number of nitrogens with zero attached hydrogens (tertiary/aromatic N) is 3. The van der Waals surface area contributed by atoms with E-state index >= 15 is 0 Å². The number of carbonyl (C=O) groups is 2. The van der Waals surface area contributed by atoms with Gasteiger partial charge >= 0.3 is 0 Å². The zero-order valence-electron chi connectivity index (χ0n) is 12.3. The number of hydrogen-bond acceptors (Lipinski definition) is 8. The Balaban J connectivity index is 1.89. The number of nitrogens with one attached hydrogen (secondary N) is 1. The highest BCUT2D eigenvalue weighted by atomic mass is 35.5. The van der Waals surface area contributed by atoms with Crippen LogP contribution in [0.3, 0.4) is 0 Å². The van der Waals surface area contributed by atoms with Gasteiger partial charge in [0.2, 0.25) is 21.4 Å². The molecule has 1 aromatic carbocycles. The minimum atomic E-state index is -3.83. The molecule has 0 fully saturated rings. The molecule has 2 heterocycles. The third-order valence-corrected chi connectivity index (χ3v) is 6.40. The minimum absolute atomic E-state index is 0.0194. The van der Waals surface area contributed by atoms with Crippen LogP contribution in [0.2, 0.25) is 5.02 Å². The predicted octanol–water partition coefficient (Wildman–Crippen LogP) is 1.74. The highest BCUT2D eigenvalue weighted by molar-refractivity contribution is 7.91. The molecule has 0 aliphatic heterocycles. The lowest BCUT2D eigenvalue weighted by Gasteiger charge is -2.05. The monoisotopic (exact) mass is 396 g/mol. The van der Waals surface area contributed by atoms with Gasteiger partial charge in [0.05, 0.1) is 16.2 Å². The van der Waals surface area contributed by atoms with Gasteiger partial charge in [-0.1, -0.05) is 11.6 Å². The number of aromatic nitrogens is 4. The Bertz CT molecular complexity index is 1030. The summed E-state index contributed by atoms with van der Waals surface area (Å²) in [4.78, 5) is 24.3. The fraction of sp³-hybridized carbons (Fsp3) is 0.0714. The first-order valence-electron chi connectivity index (χ1n) is 6.77. The number of H-pyrrole nitrogens is 1. The van der Waals surface area contributed by atoms with Crippen LogP contribution in [-0.2, 0) is 21.1 Å². The number of ketones is 2. The molecule has 0 saturated heterocycles. The summed E-state index contributed by atoms with van der Waals surface area (Å²) >= 11 is 6.85. The van der Waals surface area contributed by atoms with E-state index in [-0.39, 0.29) is 26.9 Å². The molecule has 3 aromatic rings. The Morgan fingerprint density at radius 1 is 1.16 bits per heavy atom. The molecular weight excluding hydrogens is 388 g/mol. The number of rotatable bonds is 6. The number of benzene rings is 1. The van der Waals surface area contributed by atoms with Crippen LogP contribution in [0.25, 0.3) is 0 Å². The second-order valence-corrected chi connectivity index (χ2v) is 8.19.